The summed E-state index contributed by atoms with van der Waals surface area (Å²) in [6.45, 7) is 11.5. The third-order valence-electron chi connectivity index (χ3n) is 4.15. The highest BCUT2D eigenvalue weighted by molar-refractivity contribution is 6.31. The Morgan fingerprint density at radius 1 is 1.14 bits per heavy atom. The monoisotopic (exact) mass is 308 g/mol. The fourth-order valence-electron chi connectivity index (χ4n) is 2.80. The van der Waals surface area contributed by atoms with Crippen molar-refractivity contribution in [1.29, 1.82) is 0 Å². The van der Waals surface area contributed by atoms with Gasteiger partial charge in [-0.3, -0.25) is 9.69 Å². The van der Waals surface area contributed by atoms with Crippen LogP contribution in [0.25, 0.3) is 0 Å². The summed E-state index contributed by atoms with van der Waals surface area (Å²) in [6.07, 6.45) is 0. The van der Waals surface area contributed by atoms with Gasteiger partial charge in [0.2, 0.25) is 5.91 Å². The van der Waals surface area contributed by atoms with Crippen molar-refractivity contribution in [2.75, 3.05) is 26.2 Å². The minimum atomic E-state index is -0.295. The van der Waals surface area contributed by atoms with Gasteiger partial charge in [0.15, 0.2) is 0 Å². The maximum Gasteiger partial charge on any atom is 0.228 e. The van der Waals surface area contributed by atoms with E-state index in [2.05, 4.69) is 17.9 Å². The van der Waals surface area contributed by atoms with Crippen LogP contribution in [0.5, 0.6) is 0 Å². The van der Waals surface area contributed by atoms with Crippen LogP contribution < -0.4 is 0 Å². The van der Waals surface area contributed by atoms with Crippen LogP contribution in [0.4, 0.5) is 0 Å². The van der Waals surface area contributed by atoms with Gasteiger partial charge in [0.25, 0.3) is 0 Å². The van der Waals surface area contributed by atoms with Gasteiger partial charge >= 0.3 is 0 Å². The molecule has 1 heterocycles. The van der Waals surface area contributed by atoms with Crippen molar-refractivity contribution in [3.05, 3.63) is 34.9 Å². The molecule has 1 aliphatic rings. The van der Waals surface area contributed by atoms with Crippen molar-refractivity contribution >= 4 is 17.5 Å². The molecule has 1 amide bonds. The van der Waals surface area contributed by atoms with Gasteiger partial charge in [0.1, 0.15) is 0 Å². The Morgan fingerprint density at radius 3 is 2.24 bits per heavy atom. The third kappa shape index (κ3) is 3.78. The molecular weight excluding hydrogens is 284 g/mol. The molecular formula is C17H25ClN2O. The van der Waals surface area contributed by atoms with Gasteiger partial charge in [0.05, 0.1) is 0 Å². The number of piperazine rings is 1. The van der Waals surface area contributed by atoms with Gasteiger partial charge in [-0.15, -0.1) is 0 Å². The molecule has 0 bridgehead atoms. The molecule has 1 atom stereocenters. The summed E-state index contributed by atoms with van der Waals surface area (Å²) in [4.78, 5) is 16.7. The van der Waals surface area contributed by atoms with Crippen LogP contribution >= 0.6 is 11.6 Å². The topological polar surface area (TPSA) is 23.6 Å². The van der Waals surface area contributed by atoms with Crippen molar-refractivity contribution in [1.82, 2.24) is 9.80 Å². The molecule has 2 rings (SSSR count). The Balaban J connectivity index is 1.98. The normalized spacial score (nSPS) is 18.6. The third-order valence-corrected chi connectivity index (χ3v) is 4.49. The highest BCUT2D eigenvalue weighted by Gasteiger charge is 2.31. The zero-order valence-corrected chi connectivity index (χ0v) is 14.2. The molecule has 0 radical (unpaired) electrons. The first kappa shape index (κ1) is 16.3. The minimum absolute atomic E-state index is 0.243. The average Bonchev–Trinajstić information content (AvgIpc) is 2.45. The van der Waals surface area contributed by atoms with Crippen molar-refractivity contribution in [3.63, 3.8) is 0 Å². The molecule has 116 valence electrons. The quantitative estimate of drug-likeness (QED) is 0.833. The molecule has 0 saturated carbocycles. The van der Waals surface area contributed by atoms with E-state index in [-0.39, 0.29) is 17.4 Å². The summed E-state index contributed by atoms with van der Waals surface area (Å²) < 4.78 is 0. The van der Waals surface area contributed by atoms with E-state index < -0.39 is 0 Å². The average molecular weight is 309 g/mol. The van der Waals surface area contributed by atoms with E-state index >= 15 is 0 Å². The minimum Gasteiger partial charge on any atom is -0.340 e. The van der Waals surface area contributed by atoms with Crippen molar-refractivity contribution < 1.29 is 4.79 Å². The van der Waals surface area contributed by atoms with Gasteiger partial charge in [-0.2, -0.15) is 0 Å². The number of benzene rings is 1. The maximum atomic E-state index is 12.3. The summed E-state index contributed by atoms with van der Waals surface area (Å²) in [7, 11) is 0. The van der Waals surface area contributed by atoms with E-state index in [9.17, 15) is 4.79 Å². The zero-order chi connectivity index (χ0) is 15.6. The summed E-state index contributed by atoms with van der Waals surface area (Å²) in [5, 5.41) is 0.818. The zero-order valence-electron chi connectivity index (χ0n) is 13.4. The molecule has 0 N–H and O–H groups in total. The first-order chi connectivity index (χ1) is 9.80. The van der Waals surface area contributed by atoms with Crippen LogP contribution in [-0.4, -0.2) is 41.9 Å². The molecule has 3 nitrogen and oxygen atoms in total. The van der Waals surface area contributed by atoms with Gasteiger partial charge in [-0.05, 0) is 18.6 Å². The van der Waals surface area contributed by atoms with E-state index in [0.717, 1.165) is 36.8 Å². The number of halogens is 1. The van der Waals surface area contributed by atoms with Crippen molar-refractivity contribution in [2.45, 2.75) is 33.7 Å². The van der Waals surface area contributed by atoms with Crippen LogP contribution in [-0.2, 0) is 4.79 Å². The van der Waals surface area contributed by atoms with Gasteiger partial charge in [0, 0.05) is 42.7 Å². The highest BCUT2D eigenvalue weighted by atomic mass is 35.5. The lowest BCUT2D eigenvalue weighted by Crippen LogP contribution is -2.52. The lowest BCUT2D eigenvalue weighted by atomic mass is 9.94. The number of carbonyl (C=O) groups is 1. The second-order valence-electron chi connectivity index (χ2n) is 6.78. The van der Waals surface area contributed by atoms with E-state index in [1.54, 1.807) is 0 Å². The van der Waals surface area contributed by atoms with Crippen LogP contribution in [0.3, 0.4) is 0 Å². The summed E-state index contributed by atoms with van der Waals surface area (Å²) in [5.41, 5.74) is 0.867. The molecule has 1 aromatic carbocycles. The van der Waals surface area contributed by atoms with E-state index in [4.69, 9.17) is 11.6 Å². The Hall–Kier alpha value is -1.06. The molecule has 0 spiro atoms. The molecule has 21 heavy (non-hydrogen) atoms. The summed E-state index contributed by atoms with van der Waals surface area (Å²) in [5.74, 6) is 0.243. The number of hydrogen-bond acceptors (Lipinski definition) is 2. The summed E-state index contributed by atoms with van der Waals surface area (Å²) >= 11 is 6.29. The fourth-order valence-corrected chi connectivity index (χ4v) is 3.09. The van der Waals surface area contributed by atoms with Crippen molar-refractivity contribution in [3.8, 4) is 0 Å². The first-order valence-electron chi connectivity index (χ1n) is 7.58. The Labute approximate surface area is 132 Å². The number of amides is 1. The van der Waals surface area contributed by atoms with Crippen LogP contribution in [0, 0.1) is 5.41 Å². The Kier molecular flexibility index (Phi) is 4.95. The fraction of sp³-hybridized carbons (Fsp3) is 0.588. The van der Waals surface area contributed by atoms with Gasteiger partial charge in [-0.1, -0.05) is 50.6 Å². The SMILES string of the molecule is CC(c1ccccc1Cl)N1CCN(C(=O)C(C)(C)C)CC1. The predicted molar refractivity (Wildman–Crippen MR) is 87.5 cm³/mol. The molecule has 4 heteroatoms. The van der Waals surface area contributed by atoms with Crippen LogP contribution in [0.2, 0.25) is 5.02 Å². The molecule has 1 fully saturated rings. The maximum absolute atomic E-state index is 12.3. The second kappa shape index (κ2) is 6.37. The smallest absolute Gasteiger partial charge is 0.228 e. The molecule has 1 saturated heterocycles. The number of rotatable bonds is 2. The highest BCUT2D eigenvalue weighted by Crippen LogP contribution is 2.28. The van der Waals surface area contributed by atoms with E-state index in [0.29, 0.717) is 0 Å². The molecule has 0 aromatic heterocycles. The largest absolute Gasteiger partial charge is 0.340 e. The van der Waals surface area contributed by atoms with Crippen molar-refractivity contribution in [2.24, 2.45) is 5.41 Å². The van der Waals surface area contributed by atoms with E-state index in [1.165, 1.54) is 0 Å². The first-order valence-corrected chi connectivity index (χ1v) is 7.96. The lowest BCUT2D eigenvalue weighted by molar-refractivity contribution is -0.141. The van der Waals surface area contributed by atoms with Crippen LogP contribution in [0.15, 0.2) is 24.3 Å². The van der Waals surface area contributed by atoms with E-state index in [1.807, 2.05) is 43.9 Å². The molecule has 0 aliphatic carbocycles. The molecule has 1 unspecified atom stereocenters. The second-order valence-corrected chi connectivity index (χ2v) is 7.18. The predicted octanol–water partition coefficient (Wildman–Crippen LogP) is 3.59. The molecule has 1 aliphatic heterocycles. The Bertz CT molecular complexity index is 502. The van der Waals surface area contributed by atoms with Crippen LogP contribution in [0.1, 0.15) is 39.3 Å². The summed E-state index contributed by atoms with van der Waals surface area (Å²) in [6, 6.07) is 8.28. The molecule has 1 aromatic rings. The number of nitrogens with zero attached hydrogens (tertiary/aromatic N) is 2. The van der Waals surface area contributed by atoms with Gasteiger partial charge < -0.3 is 4.90 Å². The number of hydrogen-bond donors (Lipinski definition) is 0. The standard InChI is InChI=1S/C17H25ClN2O/c1-13(14-7-5-6-8-15(14)18)19-9-11-20(12-10-19)16(21)17(2,3)4/h5-8,13H,9-12H2,1-4H3. The van der Waals surface area contributed by atoms with Gasteiger partial charge in [-0.25, -0.2) is 0 Å². The lowest BCUT2D eigenvalue weighted by Gasteiger charge is -2.40. The number of carbonyl (C=O) groups excluding carboxylic acids is 1. The Morgan fingerprint density at radius 2 is 1.71 bits per heavy atom.